The minimum atomic E-state index is 0.457. The van der Waals surface area contributed by atoms with Crippen LogP contribution in [0.5, 0.6) is 0 Å². The van der Waals surface area contributed by atoms with Crippen molar-refractivity contribution in [2.24, 2.45) is 5.92 Å². The third-order valence-electron chi connectivity index (χ3n) is 4.42. The topological polar surface area (TPSA) is 15.3 Å². The highest BCUT2D eigenvalue weighted by Crippen LogP contribution is 2.30. The molecule has 112 valence electrons. The van der Waals surface area contributed by atoms with Gasteiger partial charge in [0.2, 0.25) is 0 Å². The molecule has 0 amide bonds. The van der Waals surface area contributed by atoms with Crippen molar-refractivity contribution in [1.29, 1.82) is 0 Å². The Hall–Kier alpha value is -0.860. The Morgan fingerprint density at radius 3 is 2.50 bits per heavy atom. The molecule has 1 N–H and O–H groups in total. The van der Waals surface area contributed by atoms with Crippen molar-refractivity contribution in [3.8, 4) is 0 Å². The number of benzene rings is 1. The molecule has 2 heteroatoms. The highest BCUT2D eigenvalue weighted by atomic mass is 15.2. The average molecular weight is 274 g/mol. The van der Waals surface area contributed by atoms with Crippen molar-refractivity contribution in [3.63, 3.8) is 0 Å². The van der Waals surface area contributed by atoms with Gasteiger partial charge >= 0.3 is 0 Å². The second-order valence-electron chi connectivity index (χ2n) is 6.23. The standard InChI is InChI=1S/C18H30N2/c1-4-5-13-20(17-11-12-17)14-15(2)18(19-3)16-9-7-6-8-10-16/h6-10,15,17-19H,4-5,11-14H2,1-3H3. The van der Waals surface area contributed by atoms with Gasteiger partial charge in [0.15, 0.2) is 0 Å². The second-order valence-corrected chi connectivity index (χ2v) is 6.23. The SMILES string of the molecule is CCCCN(CC(C)C(NC)c1ccccc1)C1CC1. The lowest BCUT2D eigenvalue weighted by Crippen LogP contribution is -2.36. The Kier molecular flexibility index (Phi) is 6.06. The Labute approximate surface area is 124 Å². The van der Waals surface area contributed by atoms with E-state index in [0.29, 0.717) is 12.0 Å². The first-order valence-corrected chi connectivity index (χ1v) is 8.22. The van der Waals surface area contributed by atoms with E-state index in [1.165, 1.54) is 44.3 Å². The molecule has 1 aromatic carbocycles. The van der Waals surface area contributed by atoms with Crippen LogP contribution in [0.15, 0.2) is 30.3 Å². The van der Waals surface area contributed by atoms with E-state index in [0.717, 1.165) is 6.04 Å². The number of nitrogens with one attached hydrogen (secondary N) is 1. The lowest BCUT2D eigenvalue weighted by molar-refractivity contribution is 0.202. The van der Waals surface area contributed by atoms with Gasteiger partial charge in [0, 0.05) is 18.6 Å². The van der Waals surface area contributed by atoms with Crippen molar-refractivity contribution in [2.45, 2.75) is 51.6 Å². The van der Waals surface area contributed by atoms with E-state index in [9.17, 15) is 0 Å². The molecule has 1 aliphatic rings. The molecule has 0 saturated heterocycles. The Morgan fingerprint density at radius 2 is 1.95 bits per heavy atom. The summed E-state index contributed by atoms with van der Waals surface area (Å²) < 4.78 is 0. The molecule has 1 aliphatic carbocycles. The largest absolute Gasteiger partial charge is 0.313 e. The van der Waals surface area contributed by atoms with Crippen LogP contribution in [0.25, 0.3) is 0 Å². The molecule has 1 saturated carbocycles. The summed E-state index contributed by atoms with van der Waals surface area (Å²) in [7, 11) is 2.08. The van der Waals surface area contributed by atoms with Crippen LogP contribution in [0.2, 0.25) is 0 Å². The second kappa shape index (κ2) is 7.80. The molecule has 20 heavy (non-hydrogen) atoms. The van der Waals surface area contributed by atoms with Gasteiger partial charge in [0.25, 0.3) is 0 Å². The van der Waals surface area contributed by atoms with Gasteiger partial charge in [-0.1, -0.05) is 50.6 Å². The first kappa shape index (κ1) is 15.5. The molecule has 2 rings (SSSR count). The smallest absolute Gasteiger partial charge is 0.0355 e. The number of hydrogen-bond acceptors (Lipinski definition) is 2. The zero-order valence-corrected chi connectivity index (χ0v) is 13.3. The highest BCUT2D eigenvalue weighted by Gasteiger charge is 2.30. The maximum Gasteiger partial charge on any atom is 0.0355 e. The molecule has 0 aliphatic heterocycles. The molecular weight excluding hydrogens is 244 g/mol. The van der Waals surface area contributed by atoms with Crippen LogP contribution in [0.1, 0.15) is 51.1 Å². The maximum absolute atomic E-state index is 3.51. The fraction of sp³-hybridized carbons (Fsp3) is 0.667. The van der Waals surface area contributed by atoms with Crippen LogP contribution in [0.3, 0.4) is 0 Å². The normalized spacial score (nSPS) is 18.2. The lowest BCUT2D eigenvalue weighted by atomic mass is 9.94. The zero-order valence-electron chi connectivity index (χ0n) is 13.3. The van der Waals surface area contributed by atoms with E-state index in [1.54, 1.807) is 0 Å². The summed E-state index contributed by atoms with van der Waals surface area (Å²) in [5.41, 5.74) is 1.41. The lowest BCUT2D eigenvalue weighted by Gasteiger charge is -2.30. The molecular formula is C18H30N2. The van der Waals surface area contributed by atoms with Gasteiger partial charge in [-0.05, 0) is 44.3 Å². The van der Waals surface area contributed by atoms with Crippen LogP contribution in [-0.4, -0.2) is 31.1 Å². The molecule has 2 nitrogen and oxygen atoms in total. The molecule has 2 atom stereocenters. The average Bonchev–Trinajstić information content (AvgIpc) is 3.30. The van der Waals surface area contributed by atoms with Crippen molar-refractivity contribution >= 4 is 0 Å². The van der Waals surface area contributed by atoms with E-state index in [-0.39, 0.29) is 0 Å². The van der Waals surface area contributed by atoms with E-state index >= 15 is 0 Å². The first-order chi connectivity index (χ1) is 9.76. The zero-order chi connectivity index (χ0) is 14.4. The monoisotopic (exact) mass is 274 g/mol. The molecule has 0 bridgehead atoms. The van der Waals surface area contributed by atoms with E-state index < -0.39 is 0 Å². The predicted octanol–water partition coefficient (Wildman–Crippen LogP) is 3.85. The predicted molar refractivity (Wildman–Crippen MR) is 86.9 cm³/mol. The number of rotatable bonds is 9. The summed E-state index contributed by atoms with van der Waals surface area (Å²) in [5, 5.41) is 3.51. The fourth-order valence-corrected chi connectivity index (χ4v) is 3.14. The van der Waals surface area contributed by atoms with Gasteiger partial charge in [-0.15, -0.1) is 0 Å². The van der Waals surface area contributed by atoms with Gasteiger partial charge in [-0.2, -0.15) is 0 Å². The van der Waals surface area contributed by atoms with Gasteiger partial charge in [-0.3, -0.25) is 0 Å². The number of hydrogen-bond donors (Lipinski definition) is 1. The quantitative estimate of drug-likeness (QED) is 0.736. The Bertz CT molecular complexity index is 372. The van der Waals surface area contributed by atoms with Crippen LogP contribution in [0, 0.1) is 5.92 Å². The first-order valence-electron chi connectivity index (χ1n) is 8.22. The fourth-order valence-electron chi connectivity index (χ4n) is 3.14. The van der Waals surface area contributed by atoms with E-state index in [2.05, 4.69) is 61.4 Å². The summed E-state index contributed by atoms with van der Waals surface area (Å²) in [4.78, 5) is 2.72. The van der Waals surface area contributed by atoms with Crippen molar-refractivity contribution in [3.05, 3.63) is 35.9 Å². The van der Waals surface area contributed by atoms with E-state index in [4.69, 9.17) is 0 Å². The highest BCUT2D eigenvalue weighted by molar-refractivity contribution is 5.19. The van der Waals surface area contributed by atoms with Gasteiger partial charge in [0.05, 0.1) is 0 Å². The van der Waals surface area contributed by atoms with Crippen LogP contribution in [0.4, 0.5) is 0 Å². The minimum absolute atomic E-state index is 0.457. The van der Waals surface area contributed by atoms with E-state index in [1.807, 2.05) is 0 Å². The third-order valence-corrected chi connectivity index (χ3v) is 4.42. The molecule has 0 spiro atoms. The summed E-state index contributed by atoms with van der Waals surface area (Å²) in [6.07, 6.45) is 5.45. The van der Waals surface area contributed by atoms with Crippen molar-refractivity contribution < 1.29 is 0 Å². The van der Waals surface area contributed by atoms with Crippen LogP contribution < -0.4 is 5.32 Å². The summed E-state index contributed by atoms with van der Waals surface area (Å²) in [5.74, 6) is 0.639. The van der Waals surface area contributed by atoms with Crippen LogP contribution >= 0.6 is 0 Å². The van der Waals surface area contributed by atoms with Gasteiger partial charge < -0.3 is 10.2 Å². The number of nitrogens with zero attached hydrogens (tertiary/aromatic N) is 1. The molecule has 0 aromatic heterocycles. The summed E-state index contributed by atoms with van der Waals surface area (Å²) >= 11 is 0. The number of unbranched alkanes of at least 4 members (excludes halogenated alkanes) is 1. The molecule has 1 aromatic rings. The summed E-state index contributed by atoms with van der Waals surface area (Å²) in [6, 6.07) is 12.2. The van der Waals surface area contributed by atoms with Crippen LogP contribution in [-0.2, 0) is 0 Å². The maximum atomic E-state index is 3.51. The Balaban J connectivity index is 1.95. The van der Waals surface area contributed by atoms with Crippen molar-refractivity contribution in [2.75, 3.05) is 20.1 Å². The summed E-state index contributed by atoms with van der Waals surface area (Å²) in [6.45, 7) is 7.16. The molecule has 1 fully saturated rings. The van der Waals surface area contributed by atoms with Gasteiger partial charge in [0.1, 0.15) is 0 Å². The Morgan fingerprint density at radius 1 is 1.25 bits per heavy atom. The van der Waals surface area contributed by atoms with Crippen molar-refractivity contribution in [1.82, 2.24) is 10.2 Å². The molecule has 0 radical (unpaired) electrons. The van der Waals surface area contributed by atoms with Gasteiger partial charge in [-0.25, -0.2) is 0 Å². The molecule has 0 heterocycles. The third kappa shape index (κ3) is 4.32. The minimum Gasteiger partial charge on any atom is -0.313 e. The molecule has 2 unspecified atom stereocenters.